The minimum Gasteiger partial charge on any atom is -0.362 e. The molecule has 98 valence electrons. The largest absolute Gasteiger partial charge is 0.362 e. The van der Waals surface area contributed by atoms with Gasteiger partial charge in [0.15, 0.2) is 0 Å². The molecular formula is C13H18FN3O. The highest BCUT2D eigenvalue weighted by atomic mass is 19.1. The summed E-state index contributed by atoms with van der Waals surface area (Å²) in [7, 11) is 0. The Morgan fingerprint density at radius 1 is 1.33 bits per heavy atom. The summed E-state index contributed by atoms with van der Waals surface area (Å²) in [6.07, 6.45) is 2.77. The predicted octanol–water partition coefficient (Wildman–Crippen LogP) is 2.55. The van der Waals surface area contributed by atoms with Gasteiger partial charge in [0.05, 0.1) is 12.6 Å². The van der Waals surface area contributed by atoms with E-state index in [2.05, 4.69) is 15.3 Å². The zero-order valence-corrected chi connectivity index (χ0v) is 10.5. The van der Waals surface area contributed by atoms with Gasteiger partial charge < -0.3 is 10.1 Å². The fourth-order valence-electron chi connectivity index (χ4n) is 2.26. The van der Waals surface area contributed by atoms with Gasteiger partial charge in [-0.2, -0.15) is 0 Å². The van der Waals surface area contributed by atoms with Crippen molar-refractivity contribution in [2.24, 2.45) is 0 Å². The normalized spacial score (nSPS) is 28.1. The number of alkyl halides is 1. The van der Waals surface area contributed by atoms with Gasteiger partial charge in [-0.3, -0.25) is 0 Å². The number of nitrogens with zero attached hydrogens (tertiary/aromatic N) is 2. The van der Waals surface area contributed by atoms with E-state index >= 15 is 0 Å². The molecule has 1 saturated heterocycles. The molecule has 1 aliphatic heterocycles. The molecule has 2 fully saturated rings. The molecule has 1 saturated carbocycles. The number of hydrogen-bond acceptors (Lipinski definition) is 4. The molecule has 2 unspecified atom stereocenters. The van der Waals surface area contributed by atoms with Gasteiger partial charge in [0.2, 0.25) is 6.36 Å². The van der Waals surface area contributed by atoms with Gasteiger partial charge >= 0.3 is 0 Å². The van der Waals surface area contributed by atoms with Crippen molar-refractivity contribution in [2.75, 3.05) is 11.9 Å². The van der Waals surface area contributed by atoms with E-state index in [1.165, 1.54) is 12.8 Å². The van der Waals surface area contributed by atoms with E-state index in [0.29, 0.717) is 12.5 Å². The first-order chi connectivity index (χ1) is 8.72. The second kappa shape index (κ2) is 4.80. The molecule has 1 N–H and O–H groups in total. The lowest BCUT2D eigenvalue weighted by Crippen LogP contribution is -2.37. The van der Waals surface area contributed by atoms with Crippen molar-refractivity contribution >= 4 is 5.82 Å². The Morgan fingerprint density at radius 3 is 2.89 bits per heavy atom. The Kier molecular flexibility index (Phi) is 3.16. The maximum Gasteiger partial charge on any atom is 0.219 e. The van der Waals surface area contributed by atoms with Crippen LogP contribution in [0.3, 0.4) is 0 Å². The number of anilines is 1. The molecule has 0 aromatic carbocycles. The van der Waals surface area contributed by atoms with Crippen LogP contribution >= 0.6 is 0 Å². The molecule has 2 aliphatic rings. The van der Waals surface area contributed by atoms with Crippen LogP contribution in [0.15, 0.2) is 6.07 Å². The van der Waals surface area contributed by atoms with E-state index in [1.807, 2.05) is 13.0 Å². The molecule has 1 aliphatic carbocycles. The molecule has 4 nitrogen and oxygen atoms in total. The average Bonchev–Trinajstić information content (AvgIpc) is 3.15. The average molecular weight is 251 g/mol. The zero-order chi connectivity index (χ0) is 12.5. The maximum atomic E-state index is 13.6. The van der Waals surface area contributed by atoms with Crippen LogP contribution in [0.1, 0.15) is 43.1 Å². The smallest absolute Gasteiger partial charge is 0.219 e. The molecule has 0 radical (unpaired) electrons. The summed E-state index contributed by atoms with van der Waals surface area (Å²) >= 11 is 0. The molecule has 2 atom stereocenters. The van der Waals surface area contributed by atoms with Gasteiger partial charge in [-0.1, -0.05) is 0 Å². The van der Waals surface area contributed by atoms with Crippen molar-refractivity contribution < 1.29 is 9.13 Å². The number of rotatable bonds is 3. The Bertz CT molecular complexity index is 436. The van der Waals surface area contributed by atoms with Gasteiger partial charge in [0, 0.05) is 17.7 Å². The third-order valence-electron chi connectivity index (χ3n) is 3.40. The SMILES string of the molecule is Cc1cc(NC2CCCOC2F)nc(C2CC2)n1. The van der Waals surface area contributed by atoms with Crippen LogP contribution in [-0.4, -0.2) is 29.0 Å². The topological polar surface area (TPSA) is 47.0 Å². The van der Waals surface area contributed by atoms with Crippen molar-refractivity contribution in [3.8, 4) is 0 Å². The summed E-state index contributed by atoms with van der Waals surface area (Å²) in [5, 5.41) is 3.14. The predicted molar refractivity (Wildman–Crippen MR) is 66.2 cm³/mol. The molecule has 2 heterocycles. The Hall–Kier alpha value is -1.23. The van der Waals surface area contributed by atoms with Crippen molar-refractivity contribution in [3.05, 3.63) is 17.6 Å². The summed E-state index contributed by atoms with van der Waals surface area (Å²) in [5.41, 5.74) is 0.932. The van der Waals surface area contributed by atoms with Gasteiger partial charge in [0.1, 0.15) is 11.6 Å². The first kappa shape index (κ1) is 11.8. The van der Waals surface area contributed by atoms with Crippen LogP contribution in [0.4, 0.5) is 10.2 Å². The maximum absolute atomic E-state index is 13.6. The minimum atomic E-state index is -1.24. The van der Waals surface area contributed by atoms with Crippen LogP contribution in [0.2, 0.25) is 0 Å². The highest BCUT2D eigenvalue weighted by molar-refractivity contribution is 5.38. The van der Waals surface area contributed by atoms with Gasteiger partial charge in [-0.15, -0.1) is 0 Å². The van der Waals surface area contributed by atoms with Gasteiger partial charge in [-0.05, 0) is 32.6 Å². The molecule has 18 heavy (non-hydrogen) atoms. The Balaban J connectivity index is 1.74. The second-order valence-corrected chi connectivity index (χ2v) is 5.14. The fraction of sp³-hybridized carbons (Fsp3) is 0.692. The van der Waals surface area contributed by atoms with Crippen LogP contribution in [0.25, 0.3) is 0 Å². The molecule has 0 amide bonds. The van der Waals surface area contributed by atoms with Crippen molar-refractivity contribution in [1.29, 1.82) is 0 Å². The molecule has 1 aromatic heterocycles. The van der Waals surface area contributed by atoms with E-state index in [0.717, 1.165) is 30.2 Å². The molecular weight excluding hydrogens is 233 g/mol. The first-order valence-electron chi connectivity index (χ1n) is 6.60. The van der Waals surface area contributed by atoms with Crippen LogP contribution < -0.4 is 5.32 Å². The quantitative estimate of drug-likeness (QED) is 0.896. The summed E-state index contributed by atoms with van der Waals surface area (Å²) in [4.78, 5) is 8.91. The zero-order valence-electron chi connectivity index (χ0n) is 10.5. The summed E-state index contributed by atoms with van der Waals surface area (Å²) in [5.74, 6) is 2.13. The van der Waals surface area contributed by atoms with Gasteiger partial charge in [0.25, 0.3) is 0 Å². The first-order valence-corrected chi connectivity index (χ1v) is 6.60. The number of nitrogens with one attached hydrogen (secondary N) is 1. The molecule has 0 spiro atoms. The van der Waals surface area contributed by atoms with Crippen LogP contribution in [-0.2, 0) is 4.74 Å². The lowest BCUT2D eigenvalue weighted by atomic mass is 10.1. The highest BCUT2D eigenvalue weighted by Crippen LogP contribution is 2.38. The Labute approximate surface area is 106 Å². The van der Waals surface area contributed by atoms with Crippen molar-refractivity contribution in [2.45, 2.75) is 50.9 Å². The number of hydrogen-bond donors (Lipinski definition) is 1. The number of ether oxygens (including phenoxy) is 1. The molecule has 3 rings (SSSR count). The number of halogens is 1. The van der Waals surface area contributed by atoms with E-state index in [-0.39, 0.29) is 6.04 Å². The van der Waals surface area contributed by atoms with E-state index < -0.39 is 6.36 Å². The summed E-state index contributed by atoms with van der Waals surface area (Å²) in [6, 6.07) is 1.58. The molecule has 1 aromatic rings. The second-order valence-electron chi connectivity index (χ2n) is 5.14. The third kappa shape index (κ3) is 2.61. The van der Waals surface area contributed by atoms with Crippen molar-refractivity contribution in [1.82, 2.24) is 9.97 Å². The van der Waals surface area contributed by atoms with E-state index in [4.69, 9.17) is 4.74 Å². The van der Waals surface area contributed by atoms with E-state index in [9.17, 15) is 4.39 Å². The fourth-order valence-corrected chi connectivity index (χ4v) is 2.26. The number of aromatic nitrogens is 2. The lowest BCUT2D eigenvalue weighted by molar-refractivity contribution is -0.0758. The highest BCUT2D eigenvalue weighted by Gasteiger charge is 2.29. The molecule has 5 heteroatoms. The van der Waals surface area contributed by atoms with Crippen molar-refractivity contribution in [3.63, 3.8) is 0 Å². The number of aryl methyl sites for hydroxylation is 1. The summed E-state index contributed by atoms with van der Waals surface area (Å²) < 4.78 is 18.6. The Morgan fingerprint density at radius 2 is 2.17 bits per heavy atom. The summed E-state index contributed by atoms with van der Waals surface area (Å²) in [6.45, 7) is 2.46. The van der Waals surface area contributed by atoms with Crippen LogP contribution in [0, 0.1) is 6.92 Å². The monoisotopic (exact) mass is 251 g/mol. The minimum absolute atomic E-state index is 0.292. The van der Waals surface area contributed by atoms with Crippen LogP contribution in [0.5, 0.6) is 0 Å². The third-order valence-corrected chi connectivity index (χ3v) is 3.40. The molecule has 0 bridgehead atoms. The standard InChI is InChI=1S/C13H18FN3O/c1-8-7-11(17-13(15-8)9-4-5-9)16-10-3-2-6-18-12(10)14/h7,9-10,12H,2-6H2,1H3,(H,15,16,17). The van der Waals surface area contributed by atoms with E-state index in [1.54, 1.807) is 0 Å². The van der Waals surface area contributed by atoms with Gasteiger partial charge in [-0.25, -0.2) is 14.4 Å². The lowest BCUT2D eigenvalue weighted by Gasteiger charge is -2.27.